The van der Waals surface area contributed by atoms with Crippen LogP contribution in [0.2, 0.25) is 10.0 Å². The molecule has 1 aliphatic heterocycles. The molecule has 1 fully saturated rings. The van der Waals surface area contributed by atoms with Crippen molar-refractivity contribution in [3.8, 4) is 0 Å². The SMILES string of the molecule is O=C(O)CCC(=O)Nc1ncc(C=C2SC(=Nc3cccc(Cl)c3Cl)NC2=O)s1. The summed E-state index contributed by atoms with van der Waals surface area (Å²) in [5.74, 6) is -1.82. The standard InChI is InChI=1S/C17H12Cl2N4O4S2/c18-9-2-1-3-10(14(9)19)21-17-23-15(27)11(29-17)6-8-7-20-16(28-8)22-12(24)4-5-13(25)26/h1-3,6-7H,4-5H2,(H,25,26)(H,20,22,24)(H,21,23,27). The number of hydrogen-bond donors (Lipinski definition) is 3. The van der Waals surface area contributed by atoms with Gasteiger partial charge in [-0.25, -0.2) is 9.98 Å². The van der Waals surface area contributed by atoms with Crippen LogP contribution in [0, 0.1) is 0 Å². The van der Waals surface area contributed by atoms with Crippen LogP contribution in [0.25, 0.3) is 6.08 Å². The molecule has 1 saturated heterocycles. The third kappa shape index (κ3) is 5.80. The fraction of sp³-hybridized carbons (Fsp3) is 0.118. The number of carbonyl (C=O) groups is 3. The Bertz CT molecular complexity index is 1050. The maximum Gasteiger partial charge on any atom is 0.303 e. The monoisotopic (exact) mass is 470 g/mol. The number of halogens is 2. The molecule has 29 heavy (non-hydrogen) atoms. The van der Waals surface area contributed by atoms with E-state index in [2.05, 4.69) is 20.6 Å². The van der Waals surface area contributed by atoms with E-state index in [-0.39, 0.29) is 18.7 Å². The van der Waals surface area contributed by atoms with Crippen LogP contribution < -0.4 is 10.6 Å². The molecule has 2 amide bonds. The predicted molar refractivity (Wildman–Crippen MR) is 115 cm³/mol. The van der Waals surface area contributed by atoms with E-state index in [1.54, 1.807) is 24.3 Å². The molecule has 0 saturated carbocycles. The van der Waals surface area contributed by atoms with Crippen LogP contribution >= 0.6 is 46.3 Å². The third-order valence-corrected chi connectivity index (χ3v) is 5.99. The van der Waals surface area contributed by atoms with Gasteiger partial charge in [0.15, 0.2) is 10.3 Å². The predicted octanol–water partition coefficient (Wildman–Crippen LogP) is 4.14. The number of nitrogens with zero attached hydrogens (tertiary/aromatic N) is 2. The largest absolute Gasteiger partial charge is 0.481 e. The van der Waals surface area contributed by atoms with E-state index in [9.17, 15) is 14.4 Å². The van der Waals surface area contributed by atoms with Gasteiger partial charge in [-0.15, -0.1) is 0 Å². The van der Waals surface area contributed by atoms with Gasteiger partial charge < -0.3 is 15.7 Å². The van der Waals surface area contributed by atoms with E-state index in [4.69, 9.17) is 28.3 Å². The first-order chi connectivity index (χ1) is 13.8. The second-order valence-electron chi connectivity index (χ2n) is 5.56. The van der Waals surface area contributed by atoms with Gasteiger partial charge in [0.25, 0.3) is 5.91 Å². The Morgan fingerprint density at radius 1 is 1.31 bits per heavy atom. The summed E-state index contributed by atoms with van der Waals surface area (Å²) in [7, 11) is 0. The third-order valence-electron chi connectivity index (χ3n) is 3.41. The number of amidine groups is 1. The molecular formula is C17H12Cl2N4O4S2. The summed E-state index contributed by atoms with van der Waals surface area (Å²) in [5, 5.41) is 15.1. The molecule has 8 nitrogen and oxygen atoms in total. The van der Waals surface area contributed by atoms with E-state index in [0.29, 0.717) is 35.8 Å². The molecule has 2 heterocycles. The van der Waals surface area contributed by atoms with Gasteiger partial charge in [-0.1, -0.05) is 40.6 Å². The lowest BCUT2D eigenvalue weighted by Gasteiger charge is -2.00. The Balaban J connectivity index is 1.68. The number of amides is 2. The lowest BCUT2D eigenvalue weighted by Crippen LogP contribution is -2.19. The van der Waals surface area contributed by atoms with E-state index < -0.39 is 11.9 Å². The number of carbonyl (C=O) groups excluding carboxylic acids is 2. The first-order valence-electron chi connectivity index (χ1n) is 8.03. The van der Waals surface area contributed by atoms with Gasteiger partial charge in [0, 0.05) is 12.6 Å². The number of thioether (sulfide) groups is 1. The average Bonchev–Trinajstić information content (AvgIpc) is 3.24. The zero-order chi connectivity index (χ0) is 21.0. The first kappa shape index (κ1) is 21.3. The van der Waals surface area contributed by atoms with Gasteiger partial charge in [0.1, 0.15) is 0 Å². The van der Waals surface area contributed by atoms with E-state index in [1.807, 2.05) is 0 Å². The van der Waals surface area contributed by atoms with Crippen LogP contribution in [-0.4, -0.2) is 33.0 Å². The topological polar surface area (TPSA) is 121 Å². The minimum Gasteiger partial charge on any atom is -0.481 e. The normalized spacial score (nSPS) is 16.3. The maximum atomic E-state index is 12.2. The van der Waals surface area contributed by atoms with Crippen LogP contribution in [0.3, 0.4) is 0 Å². The number of anilines is 1. The minimum absolute atomic E-state index is 0.143. The number of carboxylic acids is 1. The number of aromatic nitrogens is 1. The summed E-state index contributed by atoms with van der Waals surface area (Å²) in [6, 6.07) is 5.02. The summed E-state index contributed by atoms with van der Waals surface area (Å²) < 4.78 is 0. The first-order valence-corrected chi connectivity index (χ1v) is 10.4. The van der Waals surface area contributed by atoms with Crippen molar-refractivity contribution in [3.05, 3.63) is 44.2 Å². The minimum atomic E-state index is -1.05. The van der Waals surface area contributed by atoms with E-state index in [1.165, 1.54) is 6.20 Å². The van der Waals surface area contributed by atoms with Crippen molar-refractivity contribution in [1.82, 2.24) is 10.3 Å². The molecule has 3 rings (SSSR count). The summed E-state index contributed by atoms with van der Waals surface area (Å²) >= 11 is 14.4. The summed E-state index contributed by atoms with van der Waals surface area (Å²) in [5.41, 5.74) is 0.437. The van der Waals surface area contributed by atoms with Crippen molar-refractivity contribution in [2.24, 2.45) is 4.99 Å². The Morgan fingerprint density at radius 2 is 2.10 bits per heavy atom. The Hall–Kier alpha value is -2.40. The number of aliphatic imine (C=N–C) groups is 1. The van der Waals surface area contributed by atoms with Gasteiger partial charge in [-0.05, 0) is 30.0 Å². The molecule has 2 aromatic rings. The lowest BCUT2D eigenvalue weighted by molar-refractivity contribution is -0.138. The zero-order valence-corrected chi connectivity index (χ0v) is 17.6. The fourth-order valence-electron chi connectivity index (χ4n) is 2.11. The van der Waals surface area contributed by atoms with Crippen molar-refractivity contribution in [3.63, 3.8) is 0 Å². The number of nitrogens with one attached hydrogen (secondary N) is 2. The highest BCUT2D eigenvalue weighted by Crippen LogP contribution is 2.35. The molecule has 0 bridgehead atoms. The smallest absolute Gasteiger partial charge is 0.303 e. The van der Waals surface area contributed by atoms with Gasteiger partial charge in [-0.3, -0.25) is 14.4 Å². The number of rotatable bonds is 6. The van der Waals surface area contributed by atoms with Crippen molar-refractivity contribution in [2.45, 2.75) is 12.8 Å². The molecule has 0 radical (unpaired) electrons. The molecule has 0 aliphatic carbocycles. The van der Waals surface area contributed by atoms with Crippen LogP contribution in [-0.2, 0) is 14.4 Å². The fourth-order valence-corrected chi connectivity index (χ4v) is 4.12. The van der Waals surface area contributed by atoms with E-state index >= 15 is 0 Å². The average molecular weight is 471 g/mol. The quantitative estimate of drug-likeness (QED) is 0.545. The van der Waals surface area contributed by atoms with Gasteiger partial charge >= 0.3 is 5.97 Å². The number of aliphatic carboxylic acids is 1. The highest BCUT2D eigenvalue weighted by atomic mass is 35.5. The van der Waals surface area contributed by atoms with Crippen molar-refractivity contribution >= 4 is 86.1 Å². The molecule has 12 heteroatoms. The molecular weight excluding hydrogens is 459 g/mol. The Kier molecular flexibility index (Phi) is 6.91. The number of carboxylic acid groups (broad SMARTS) is 1. The summed E-state index contributed by atoms with van der Waals surface area (Å²) in [4.78, 5) is 43.7. The van der Waals surface area contributed by atoms with Crippen LogP contribution in [0.15, 0.2) is 34.3 Å². The second-order valence-corrected chi connectivity index (χ2v) is 8.44. The molecule has 1 aromatic carbocycles. The summed E-state index contributed by atoms with van der Waals surface area (Å²) in [6.07, 6.45) is 2.72. The zero-order valence-electron chi connectivity index (χ0n) is 14.4. The molecule has 1 aliphatic rings. The van der Waals surface area contributed by atoms with Gasteiger partial charge in [-0.2, -0.15) is 0 Å². The Labute approximate surface area is 183 Å². The summed E-state index contributed by atoms with van der Waals surface area (Å²) in [6.45, 7) is 0. The van der Waals surface area contributed by atoms with Gasteiger partial charge in [0.05, 0.1) is 31.9 Å². The highest BCUT2D eigenvalue weighted by molar-refractivity contribution is 8.18. The van der Waals surface area contributed by atoms with Gasteiger partial charge in [0.2, 0.25) is 5.91 Å². The highest BCUT2D eigenvalue weighted by Gasteiger charge is 2.24. The van der Waals surface area contributed by atoms with Crippen molar-refractivity contribution in [1.29, 1.82) is 0 Å². The molecule has 150 valence electrons. The van der Waals surface area contributed by atoms with Crippen LogP contribution in [0.1, 0.15) is 17.7 Å². The van der Waals surface area contributed by atoms with Crippen LogP contribution in [0.4, 0.5) is 10.8 Å². The maximum absolute atomic E-state index is 12.2. The molecule has 0 spiro atoms. The Morgan fingerprint density at radius 3 is 2.86 bits per heavy atom. The van der Waals surface area contributed by atoms with E-state index in [0.717, 1.165) is 23.1 Å². The second kappa shape index (κ2) is 9.40. The van der Waals surface area contributed by atoms with Crippen LogP contribution in [0.5, 0.6) is 0 Å². The molecule has 0 unspecified atom stereocenters. The number of thiazole rings is 1. The molecule has 0 atom stereocenters. The van der Waals surface area contributed by atoms with Crippen molar-refractivity contribution < 1.29 is 19.5 Å². The molecule has 1 aromatic heterocycles. The van der Waals surface area contributed by atoms with Crippen molar-refractivity contribution in [2.75, 3.05) is 5.32 Å². The molecule has 3 N–H and O–H groups in total. The lowest BCUT2D eigenvalue weighted by atomic mass is 10.3. The number of hydrogen-bond acceptors (Lipinski definition) is 7. The number of benzene rings is 1.